The fourth-order valence-corrected chi connectivity index (χ4v) is 2.37. The second-order valence-corrected chi connectivity index (χ2v) is 5.26. The lowest BCUT2D eigenvalue weighted by Gasteiger charge is -2.03. The van der Waals surface area contributed by atoms with Crippen LogP contribution in [-0.2, 0) is 16.4 Å². The van der Waals surface area contributed by atoms with Crippen LogP contribution >= 0.6 is 0 Å². The van der Waals surface area contributed by atoms with E-state index < -0.39 is 10.0 Å². The second kappa shape index (κ2) is 4.74. The third-order valence-corrected chi connectivity index (χ3v) is 3.62. The van der Waals surface area contributed by atoms with Crippen molar-refractivity contribution in [2.75, 3.05) is 12.3 Å². The molecule has 0 saturated heterocycles. The summed E-state index contributed by atoms with van der Waals surface area (Å²) >= 11 is 0. The van der Waals surface area contributed by atoms with Crippen molar-refractivity contribution in [3.8, 4) is 0 Å². The van der Waals surface area contributed by atoms with Crippen molar-refractivity contribution >= 4 is 15.8 Å². The van der Waals surface area contributed by atoms with Crippen molar-refractivity contribution in [3.05, 3.63) is 17.9 Å². The zero-order valence-corrected chi connectivity index (χ0v) is 10.4. The number of nitrogens with zero attached hydrogens (tertiary/aromatic N) is 3. The maximum absolute atomic E-state index is 11.8. The van der Waals surface area contributed by atoms with Gasteiger partial charge in [0.15, 0.2) is 5.82 Å². The Morgan fingerprint density at radius 1 is 1.56 bits per heavy atom. The van der Waals surface area contributed by atoms with E-state index in [1.807, 2.05) is 0 Å². The van der Waals surface area contributed by atoms with Crippen LogP contribution in [0, 0.1) is 6.92 Å². The number of anilines is 1. The summed E-state index contributed by atoms with van der Waals surface area (Å²) in [6, 6.07) is 0. The van der Waals surface area contributed by atoms with E-state index in [0.29, 0.717) is 18.1 Å². The number of aryl methyl sites for hydroxylation is 1. The van der Waals surface area contributed by atoms with Crippen LogP contribution in [0.4, 0.5) is 5.82 Å². The number of hydrogen-bond acceptors (Lipinski definition) is 7. The molecule has 0 bridgehead atoms. The number of sulfonamides is 1. The van der Waals surface area contributed by atoms with Gasteiger partial charge in [-0.2, -0.15) is 10.1 Å². The van der Waals surface area contributed by atoms with Crippen LogP contribution < -0.4 is 10.5 Å². The van der Waals surface area contributed by atoms with E-state index >= 15 is 0 Å². The Morgan fingerprint density at radius 2 is 2.33 bits per heavy atom. The Hall–Kier alpha value is -1.94. The Balaban J connectivity index is 1.96. The predicted molar refractivity (Wildman–Crippen MR) is 60.9 cm³/mol. The third-order valence-electron chi connectivity index (χ3n) is 2.13. The van der Waals surface area contributed by atoms with Crippen LogP contribution in [0.25, 0.3) is 0 Å². The molecule has 0 saturated carbocycles. The van der Waals surface area contributed by atoms with Crippen LogP contribution in [0.2, 0.25) is 0 Å². The molecule has 2 heterocycles. The molecule has 0 amide bonds. The van der Waals surface area contributed by atoms with Gasteiger partial charge in [-0.25, -0.2) is 13.1 Å². The number of nitrogen functional groups attached to an aromatic ring is 1. The molecule has 9 nitrogen and oxygen atoms in total. The summed E-state index contributed by atoms with van der Waals surface area (Å²) in [5, 5.41) is 9.56. The normalized spacial score (nSPS) is 11.8. The molecule has 0 aromatic carbocycles. The molecule has 0 spiro atoms. The highest BCUT2D eigenvalue weighted by Gasteiger charge is 2.18. The first kappa shape index (κ1) is 12.5. The van der Waals surface area contributed by atoms with Gasteiger partial charge in [0.05, 0.1) is 6.20 Å². The lowest BCUT2D eigenvalue weighted by atomic mass is 10.4. The van der Waals surface area contributed by atoms with Crippen LogP contribution in [0.15, 0.2) is 15.6 Å². The van der Waals surface area contributed by atoms with Crippen LogP contribution in [-0.4, -0.2) is 35.3 Å². The highest BCUT2D eigenvalue weighted by atomic mass is 32.2. The molecule has 0 aliphatic heterocycles. The van der Waals surface area contributed by atoms with E-state index in [2.05, 4.69) is 25.1 Å². The van der Waals surface area contributed by atoms with Crippen molar-refractivity contribution in [1.29, 1.82) is 0 Å². The minimum absolute atomic E-state index is 0.00194. The summed E-state index contributed by atoms with van der Waals surface area (Å²) < 4.78 is 30.7. The molecular weight excluding hydrogens is 260 g/mol. The van der Waals surface area contributed by atoms with Gasteiger partial charge in [0.1, 0.15) is 10.7 Å². The van der Waals surface area contributed by atoms with Gasteiger partial charge in [-0.15, -0.1) is 0 Å². The molecule has 2 rings (SSSR count). The molecule has 0 aliphatic rings. The number of nitrogens with two attached hydrogens (primary N) is 1. The minimum atomic E-state index is -3.67. The Kier molecular flexibility index (Phi) is 3.30. The summed E-state index contributed by atoms with van der Waals surface area (Å²) in [5.41, 5.74) is 5.44. The van der Waals surface area contributed by atoms with Crippen molar-refractivity contribution < 1.29 is 12.9 Å². The monoisotopic (exact) mass is 272 g/mol. The van der Waals surface area contributed by atoms with Gasteiger partial charge in [-0.05, 0) is 0 Å². The van der Waals surface area contributed by atoms with Gasteiger partial charge >= 0.3 is 0 Å². The van der Waals surface area contributed by atoms with Crippen molar-refractivity contribution in [3.63, 3.8) is 0 Å². The summed E-state index contributed by atoms with van der Waals surface area (Å²) in [5.74, 6) is 0.875. The predicted octanol–water partition coefficient (Wildman–Crippen LogP) is -0.796. The zero-order chi connectivity index (χ0) is 13.2. The van der Waals surface area contributed by atoms with Gasteiger partial charge in [0.25, 0.3) is 0 Å². The quantitative estimate of drug-likeness (QED) is 0.647. The van der Waals surface area contributed by atoms with Gasteiger partial charge < -0.3 is 10.3 Å². The number of hydrogen-bond donors (Lipinski definition) is 3. The summed E-state index contributed by atoms with van der Waals surface area (Å²) in [6.07, 6.45) is 1.48. The van der Waals surface area contributed by atoms with Crippen molar-refractivity contribution in [2.24, 2.45) is 0 Å². The molecule has 2 aromatic heterocycles. The van der Waals surface area contributed by atoms with Gasteiger partial charge in [-0.1, -0.05) is 5.16 Å². The summed E-state index contributed by atoms with van der Waals surface area (Å²) in [7, 11) is -3.67. The first-order valence-electron chi connectivity index (χ1n) is 5.07. The minimum Gasteiger partial charge on any atom is -0.383 e. The third kappa shape index (κ3) is 2.65. The SMILES string of the molecule is Cc1nc(CCNS(=O)(=O)c2cn[nH]c2N)no1. The largest absolute Gasteiger partial charge is 0.383 e. The lowest BCUT2D eigenvalue weighted by molar-refractivity contribution is 0.387. The molecule has 0 atom stereocenters. The van der Waals surface area contributed by atoms with Gasteiger partial charge in [0.2, 0.25) is 15.9 Å². The summed E-state index contributed by atoms with van der Waals surface area (Å²) in [4.78, 5) is 3.88. The van der Waals surface area contributed by atoms with E-state index in [9.17, 15) is 8.42 Å². The van der Waals surface area contributed by atoms with Gasteiger partial charge in [-0.3, -0.25) is 5.10 Å². The van der Waals surface area contributed by atoms with Crippen molar-refractivity contribution in [1.82, 2.24) is 25.1 Å². The highest BCUT2D eigenvalue weighted by Crippen LogP contribution is 2.13. The average molecular weight is 272 g/mol. The van der Waals surface area contributed by atoms with Crippen LogP contribution in [0.3, 0.4) is 0 Å². The number of aromatic amines is 1. The first-order chi connectivity index (χ1) is 8.49. The van der Waals surface area contributed by atoms with E-state index in [1.165, 1.54) is 0 Å². The maximum Gasteiger partial charge on any atom is 0.245 e. The molecule has 0 unspecified atom stereocenters. The molecule has 0 aliphatic carbocycles. The average Bonchev–Trinajstić information content (AvgIpc) is 2.87. The number of rotatable bonds is 5. The summed E-state index contributed by atoms with van der Waals surface area (Å²) in [6.45, 7) is 1.80. The highest BCUT2D eigenvalue weighted by molar-refractivity contribution is 7.89. The van der Waals surface area contributed by atoms with Crippen molar-refractivity contribution in [2.45, 2.75) is 18.2 Å². The zero-order valence-electron chi connectivity index (χ0n) is 9.54. The van der Waals surface area contributed by atoms with Gasteiger partial charge in [0, 0.05) is 19.9 Å². The molecule has 2 aromatic rings. The lowest BCUT2D eigenvalue weighted by Crippen LogP contribution is -2.26. The van der Waals surface area contributed by atoms with E-state index in [1.54, 1.807) is 6.92 Å². The van der Waals surface area contributed by atoms with Crippen LogP contribution in [0.5, 0.6) is 0 Å². The molecule has 10 heteroatoms. The first-order valence-corrected chi connectivity index (χ1v) is 6.55. The maximum atomic E-state index is 11.8. The fraction of sp³-hybridized carbons (Fsp3) is 0.375. The molecule has 4 N–H and O–H groups in total. The fourth-order valence-electron chi connectivity index (χ4n) is 1.32. The Bertz CT molecular complexity index is 631. The van der Waals surface area contributed by atoms with E-state index in [-0.39, 0.29) is 17.3 Å². The Labute approximate surface area is 103 Å². The molecule has 98 valence electrons. The number of nitrogens with one attached hydrogen (secondary N) is 2. The van der Waals surface area contributed by atoms with E-state index in [0.717, 1.165) is 6.20 Å². The molecule has 0 fully saturated rings. The molecule has 0 radical (unpaired) electrons. The number of aromatic nitrogens is 4. The van der Waals surface area contributed by atoms with Crippen LogP contribution in [0.1, 0.15) is 11.7 Å². The van der Waals surface area contributed by atoms with E-state index in [4.69, 9.17) is 10.3 Å². The topological polar surface area (TPSA) is 140 Å². The standard InChI is InChI=1S/C8H12N6O3S/c1-5-12-7(14-17-5)2-3-11-18(15,16)6-4-10-13-8(6)9/h4,11H,2-3H2,1H3,(H3,9,10,13). The Morgan fingerprint density at radius 3 is 2.89 bits per heavy atom. The smallest absolute Gasteiger partial charge is 0.245 e. The molecular formula is C8H12N6O3S. The second-order valence-electron chi connectivity index (χ2n) is 3.53. The number of H-pyrrole nitrogens is 1. The molecule has 18 heavy (non-hydrogen) atoms.